The van der Waals surface area contributed by atoms with Crippen molar-refractivity contribution in [2.45, 2.75) is 25.9 Å². The number of carbonyl (C=O) groups is 1. The van der Waals surface area contributed by atoms with Crippen LogP contribution in [0.25, 0.3) is 0 Å². The van der Waals surface area contributed by atoms with Crippen molar-refractivity contribution in [1.82, 2.24) is 0 Å². The number of hydrogen-bond donors (Lipinski definition) is 2. The lowest BCUT2D eigenvalue weighted by Crippen LogP contribution is -2.92. The molecule has 0 aliphatic heterocycles. The summed E-state index contributed by atoms with van der Waals surface area (Å²) in [5.41, 5.74) is 8.97. The van der Waals surface area contributed by atoms with Crippen LogP contribution in [-0.2, 0) is 4.79 Å². The Morgan fingerprint density at radius 3 is 2.10 bits per heavy atom. The highest BCUT2D eigenvalue weighted by Crippen LogP contribution is 2.18. The molecule has 0 spiro atoms. The first kappa shape index (κ1) is 14.3. The van der Waals surface area contributed by atoms with E-state index in [1.165, 1.54) is 16.7 Å². The van der Waals surface area contributed by atoms with Gasteiger partial charge in [0.1, 0.15) is 6.04 Å². The second-order valence-corrected chi connectivity index (χ2v) is 5.18. The third-order valence-corrected chi connectivity index (χ3v) is 3.53. The van der Waals surface area contributed by atoms with Gasteiger partial charge in [0.2, 0.25) is 0 Å². The number of benzene rings is 2. The molecule has 2 aromatic carbocycles. The van der Waals surface area contributed by atoms with Crippen molar-refractivity contribution in [3.05, 3.63) is 71.3 Å². The second kappa shape index (κ2) is 6.35. The van der Waals surface area contributed by atoms with E-state index in [1.807, 2.05) is 30.4 Å². The summed E-state index contributed by atoms with van der Waals surface area (Å²) in [7, 11) is 0. The topological polar surface area (TPSA) is 59.7 Å². The number of hydrogen-bond acceptors (Lipinski definition) is 1. The van der Waals surface area contributed by atoms with Crippen molar-refractivity contribution in [2.75, 3.05) is 0 Å². The van der Waals surface area contributed by atoms with E-state index < -0.39 is 0 Å². The summed E-state index contributed by atoms with van der Waals surface area (Å²) in [5, 5.41) is 2.02. The maximum Gasteiger partial charge on any atom is 0.275 e. The number of rotatable bonds is 5. The Morgan fingerprint density at radius 2 is 1.55 bits per heavy atom. The minimum atomic E-state index is -0.293. The molecule has 0 aliphatic rings. The van der Waals surface area contributed by atoms with E-state index in [0.717, 1.165) is 0 Å². The Morgan fingerprint density at radius 1 is 1.00 bits per heavy atom. The van der Waals surface area contributed by atoms with E-state index in [1.54, 1.807) is 0 Å². The lowest BCUT2D eigenvalue weighted by molar-refractivity contribution is -0.704. The first-order valence-corrected chi connectivity index (χ1v) is 6.83. The molecule has 2 aromatic rings. The quantitative estimate of drug-likeness (QED) is 0.849. The molecule has 3 nitrogen and oxygen atoms in total. The maximum atomic E-state index is 11.3. The SMILES string of the molecule is Cc1ccc([C@H]([NH2+][C@@H](C)C(N)=O)c2ccccc2)cc1. The molecule has 0 saturated carbocycles. The fraction of sp³-hybridized carbons (Fsp3) is 0.235. The number of nitrogens with two attached hydrogens (primary N) is 2. The number of aryl methyl sites for hydroxylation is 1. The van der Waals surface area contributed by atoms with Gasteiger partial charge in [-0.05, 0) is 13.8 Å². The Balaban J connectivity index is 2.34. The zero-order valence-corrected chi connectivity index (χ0v) is 11.9. The number of primary amides is 1. The summed E-state index contributed by atoms with van der Waals surface area (Å²) in [4.78, 5) is 11.3. The van der Waals surface area contributed by atoms with Gasteiger partial charge in [0, 0.05) is 11.1 Å². The molecule has 0 heterocycles. The first-order chi connectivity index (χ1) is 9.58. The van der Waals surface area contributed by atoms with Gasteiger partial charge in [-0.15, -0.1) is 0 Å². The van der Waals surface area contributed by atoms with Gasteiger partial charge in [0.25, 0.3) is 5.91 Å². The standard InChI is InChI=1S/C17H20N2O/c1-12-8-10-15(11-9-12)16(19-13(2)17(18)20)14-6-4-3-5-7-14/h3-11,13,16,19H,1-2H3,(H2,18,20)/p+1/t13-,16+/m0/s1. The smallest absolute Gasteiger partial charge is 0.275 e. The number of quaternary nitrogens is 1. The molecular formula is C17H21N2O+. The average molecular weight is 269 g/mol. The Hall–Kier alpha value is -2.13. The summed E-state index contributed by atoms with van der Waals surface area (Å²) < 4.78 is 0. The van der Waals surface area contributed by atoms with Crippen molar-refractivity contribution in [2.24, 2.45) is 5.73 Å². The van der Waals surface area contributed by atoms with Crippen LogP contribution in [0.1, 0.15) is 29.7 Å². The number of amides is 1. The van der Waals surface area contributed by atoms with Gasteiger partial charge in [-0.1, -0.05) is 60.2 Å². The zero-order valence-electron chi connectivity index (χ0n) is 11.9. The van der Waals surface area contributed by atoms with Crippen LogP contribution in [0, 0.1) is 6.92 Å². The third-order valence-electron chi connectivity index (χ3n) is 3.53. The lowest BCUT2D eigenvalue weighted by atomic mass is 9.97. The highest BCUT2D eigenvalue weighted by molar-refractivity contribution is 5.77. The highest BCUT2D eigenvalue weighted by Gasteiger charge is 2.22. The largest absolute Gasteiger partial charge is 0.365 e. The fourth-order valence-corrected chi connectivity index (χ4v) is 2.23. The van der Waals surface area contributed by atoms with Crippen molar-refractivity contribution < 1.29 is 10.1 Å². The molecule has 3 heteroatoms. The molecule has 0 aliphatic carbocycles. The second-order valence-electron chi connectivity index (χ2n) is 5.18. The average Bonchev–Trinajstić information content (AvgIpc) is 2.46. The summed E-state index contributed by atoms with van der Waals surface area (Å²) in [5.74, 6) is -0.293. The predicted octanol–water partition coefficient (Wildman–Crippen LogP) is 1.52. The van der Waals surface area contributed by atoms with Crippen LogP contribution in [0.15, 0.2) is 54.6 Å². The molecule has 2 atom stereocenters. The first-order valence-electron chi connectivity index (χ1n) is 6.83. The summed E-state index contributed by atoms with van der Waals surface area (Å²) >= 11 is 0. The lowest BCUT2D eigenvalue weighted by Gasteiger charge is -2.19. The molecule has 4 N–H and O–H groups in total. The van der Waals surface area contributed by atoms with E-state index in [0.29, 0.717) is 0 Å². The van der Waals surface area contributed by atoms with Crippen molar-refractivity contribution in [3.63, 3.8) is 0 Å². The van der Waals surface area contributed by atoms with Crippen LogP contribution in [0.5, 0.6) is 0 Å². The molecule has 2 rings (SSSR count). The minimum Gasteiger partial charge on any atom is -0.365 e. The Bertz CT molecular complexity index is 563. The van der Waals surface area contributed by atoms with Gasteiger partial charge in [0.15, 0.2) is 6.04 Å². The van der Waals surface area contributed by atoms with E-state index in [4.69, 9.17) is 5.73 Å². The predicted molar refractivity (Wildman–Crippen MR) is 80.0 cm³/mol. The van der Waals surface area contributed by atoms with E-state index in [-0.39, 0.29) is 18.0 Å². The molecule has 0 bridgehead atoms. The Kier molecular flexibility index (Phi) is 4.53. The van der Waals surface area contributed by atoms with Crippen LogP contribution in [-0.4, -0.2) is 11.9 Å². The molecule has 0 fully saturated rings. The van der Waals surface area contributed by atoms with Gasteiger partial charge in [-0.25, -0.2) is 0 Å². The molecule has 104 valence electrons. The Labute approximate surface area is 119 Å². The highest BCUT2D eigenvalue weighted by atomic mass is 16.1. The zero-order chi connectivity index (χ0) is 14.5. The van der Waals surface area contributed by atoms with Crippen LogP contribution in [0.3, 0.4) is 0 Å². The van der Waals surface area contributed by atoms with Gasteiger partial charge in [-0.2, -0.15) is 0 Å². The van der Waals surface area contributed by atoms with Crippen LogP contribution in [0.2, 0.25) is 0 Å². The van der Waals surface area contributed by atoms with Crippen molar-refractivity contribution in [3.8, 4) is 0 Å². The molecule has 1 amide bonds. The fourth-order valence-electron chi connectivity index (χ4n) is 2.23. The van der Waals surface area contributed by atoms with Crippen LogP contribution in [0.4, 0.5) is 0 Å². The number of carbonyl (C=O) groups excluding carboxylic acids is 1. The molecule has 0 unspecified atom stereocenters. The molecular weight excluding hydrogens is 248 g/mol. The molecule has 0 aromatic heterocycles. The molecule has 20 heavy (non-hydrogen) atoms. The summed E-state index contributed by atoms with van der Waals surface area (Å²) in [6.07, 6.45) is 0. The molecule has 0 radical (unpaired) electrons. The summed E-state index contributed by atoms with van der Waals surface area (Å²) in [6, 6.07) is 18.4. The van der Waals surface area contributed by atoms with E-state index in [9.17, 15) is 4.79 Å². The van der Waals surface area contributed by atoms with Gasteiger partial charge < -0.3 is 11.1 Å². The summed E-state index contributed by atoms with van der Waals surface area (Å²) in [6.45, 7) is 3.91. The minimum absolute atomic E-state index is 0.0827. The third kappa shape index (κ3) is 3.45. The monoisotopic (exact) mass is 269 g/mol. The van der Waals surface area contributed by atoms with Crippen molar-refractivity contribution >= 4 is 5.91 Å². The van der Waals surface area contributed by atoms with Crippen LogP contribution >= 0.6 is 0 Å². The maximum absolute atomic E-state index is 11.3. The van der Waals surface area contributed by atoms with E-state index in [2.05, 4.69) is 43.3 Å². The van der Waals surface area contributed by atoms with Crippen molar-refractivity contribution in [1.29, 1.82) is 0 Å². The van der Waals surface area contributed by atoms with Gasteiger partial charge in [0.05, 0.1) is 0 Å². The normalized spacial score (nSPS) is 13.7. The van der Waals surface area contributed by atoms with Gasteiger partial charge >= 0.3 is 0 Å². The van der Waals surface area contributed by atoms with E-state index >= 15 is 0 Å². The molecule has 0 saturated heterocycles. The van der Waals surface area contributed by atoms with Gasteiger partial charge in [-0.3, -0.25) is 4.79 Å². The van der Waals surface area contributed by atoms with Crippen LogP contribution < -0.4 is 11.1 Å².